The molecule has 2 atom stereocenters. The van der Waals surface area contributed by atoms with Crippen LogP contribution in [0.15, 0.2) is 95.5 Å². The van der Waals surface area contributed by atoms with Gasteiger partial charge in [-0.15, -0.1) is 0 Å². The lowest BCUT2D eigenvalue weighted by Gasteiger charge is -2.41. The largest absolute Gasteiger partial charge is 0.494 e. The van der Waals surface area contributed by atoms with Crippen LogP contribution in [0.25, 0.3) is 0 Å². The Morgan fingerprint density at radius 2 is 1.82 bits per heavy atom. The molecule has 0 amide bonds. The van der Waals surface area contributed by atoms with Gasteiger partial charge >= 0.3 is 0 Å². The van der Waals surface area contributed by atoms with Crippen LogP contribution in [0.5, 0.6) is 5.75 Å². The molecule has 0 saturated carbocycles. The summed E-state index contributed by atoms with van der Waals surface area (Å²) in [5.74, 6) is -0.302. The van der Waals surface area contributed by atoms with E-state index in [1.165, 1.54) is 23.1 Å². The summed E-state index contributed by atoms with van der Waals surface area (Å²) in [6.45, 7) is 2.39. The van der Waals surface area contributed by atoms with E-state index in [2.05, 4.69) is 6.07 Å². The number of hydrogen-bond donors (Lipinski definition) is 1. The third kappa shape index (κ3) is 4.73. The molecule has 196 valence electrons. The first-order valence-electron chi connectivity index (χ1n) is 12.5. The summed E-state index contributed by atoms with van der Waals surface area (Å²) in [6, 6.07) is 23.4. The van der Waals surface area contributed by atoms with Crippen molar-refractivity contribution in [3.05, 3.63) is 122 Å². The number of Topliss-reactive ketones (excluding diaryl/α,β-unsaturated/α-hetero) is 1. The Morgan fingerprint density at radius 1 is 1.10 bits per heavy atom. The lowest BCUT2D eigenvalue weighted by atomic mass is 9.72. The molecule has 0 fully saturated rings. The fraction of sp³-hybridized carbons (Fsp3) is 0.200. The molecule has 1 aliphatic heterocycles. The molecule has 1 aliphatic carbocycles. The van der Waals surface area contributed by atoms with Gasteiger partial charge in [-0.3, -0.25) is 19.8 Å². The average Bonchev–Trinajstić information content (AvgIpc) is 2.94. The van der Waals surface area contributed by atoms with Crippen LogP contribution in [0.3, 0.4) is 0 Å². The van der Waals surface area contributed by atoms with Gasteiger partial charge in [-0.1, -0.05) is 54.1 Å². The number of nitrogens with zero attached hydrogens (tertiary/aromatic N) is 3. The number of carbonyl (C=O) groups excluding carboxylic acids is 1. The molecule has 0 bridgehead atoms. The summed E-state index contributed by atoms with van der Waals surface area (Å²) in [5, 5.41) is 22.5. The predicted octanol–water partition coefficient (Wildman–Crippen LogP) is 6.35. The first-order valence-corrected chi connectivity index (χ1v) is 12.9. The molecule has 2 aliphatic rings. The highest BCUT2D eigenvalue weighted by atomic mass is 35.5. The normalized spacial score (nSPS) is 19.0. The molecule has 0 radical (unpaired) electrons. The number of nitro groups is 1. The van der Waals surface area contributed by atoms with E-state index in [1.54, 1.807) is 12.1 Å². The molecular weight excluding hydrogens is 516 g/mol. The number of allylic oxidation sites excluding steroid dienone is 3. The second kappa shape index (κ2) is 10.6. The topological polar surface area (TPSA) is 122 Å². The molecule has 1 heterocycles. The molecule has 0 saturated heterocycles. The lowest BCUT2D eigenvalue weighted by Crippen LogP contribution is -2.40. The van der Waals surface area contributed by atoms with Crippen molar-refractivity contribution in [2.45, 2.75) is 31.6 Å². The smallest absolute Gasteiger partial charge is 0.294 e. The maximum atomic E-state index is 13.9. The standard InChI is InChI=1S/C30H25ClN4O4/c1-2-39-22-11-8-19(9-12-22)28-23(17-32)30(33)34(24-13-10-21(31)16-25(24)35(37)38)26-14-20(15-27(36)29(26)28)18-6-4-3-5-7-18/h3-13,16,20,28H,2,14-15,33H2,1H3/t20-,28+/m1/s1. The molecule has 0 aromatic heterocycles. The molecule has 39 heavy (non-hydrogen) atoms. The molecule has 3 aromatic carbocycles. The molecule has 2 N–H and O–H groups in total. The number of ether oxygens (including phenoxy) is 1. The van der Waals surface area contributed by atoms with Crippen molar-refractivity contribution in [3.8, 4) is 11.8 Å². The van der Waals surface area contributed by atoms with E-state index < -0.39 is 10.8 Å². The first-order chi connectivity index (χ1) is 18.8. The van der Waals surface area contributed by atoms with E-state index in [-0.39, 0.29) is 45.9 Å². The minimum absolute atomic E-state index is 0.0436. The molecule has 0 unspecified atom stereocenters. The molecule has 8 nitrogen and oxygen atoms in total. The van der Waals surface area contributed by atoms with E-state index in [0.29, 0.717) is 35.6 Å². The van der Waals surface area contributed by atoms with Crippen LogP contribution in [0, 0.1) is 21.4 Å². The Labute approximate surface area is 230 Å². The van der Waals surface area contributed by atoms with E-state index in [1.807, 2.05) is 49.4 Å². The first kappa shape index (κ1) is 26.0. The Morgan fingerprint density at radius 3 is 2.46 bits per heavy atom. The lowest BCUT2D eigenvalue weighted by molar-refractivity contribution is -0.384. The average molecular weight is 541 g/mol. The van der Waals surface area contributed by atoms with Crippen LogP contribution in [-0.2, 0) is 4.79 Å². The van der Waals surface area contributed by atoms with Crippen LogP contribution in [0.4, 0.5) is 11.4 Å². The van der Waals surface area contributed by atoms with Crippen LogP contribution in [0.2, 0.25) is 5.02 Å². The minimum atomic E-state index is -0.715. The summed E-state index contributed by atoms with van der Waals surface area (Å²) in [4.78, 5) is 27.0. The van der Waals surface area contributed by atoms with Crippen molar-refractivity contribution < 1.29 is 14.5 Å². The maximum Gasteiger partial charge on any atom is 0.294 e. The van der Waals surface area contributed by atoms with Gasteiger partial charge in [-0.25, -0.2) is 0 Å². The van der Waals surface area contributed by atoms with Gasteiger partial charge in [-0.2, -0.15) is 5.26 Å². The summed E-state index contributed by atoms with van der Waals surface area (Å²) < 4.78 is 5.57. The van der Waals surface area contributed by atoms with Gasteiger partial charge in [0.2, 0.25) is 0 Å². The highest BCUT2D eigenvalue weighted by Gasteiger charge is 2.44. The molecule has 0 spiro atoms. The second-order valence-electron chi connectivity index (χ2n) is 9.37. The highest BCUT2D eigenvalue weighted by molar-refractivity contribution is 6.31. The number of nitrogens with two attached hydrogens (primary N) is 1. The van der Waals surface area contributed by atoms with E-state index in [0.717, 1.165) is 5.56 Å². The summed E-state index contributed by atoms with van der Waals surface area (Å²) in [6.07, 6.45) is 0.642. The predicted molar refractivity (Wildman–Crippen MR) is 148 cm³/mol. The number of anilines is 1. The fourth-order valence-electron chi connectivity index (χ4n) is 5.45. The Bertz CT molecular complexity index is 1560. The fourth-order valence-corrected chi connectivity index (χ4v) is 5.62. The quantitative estimate of drug-likeness (QED) is 0.285. The van der Waals surface area contributed by atoms with Crippen LogP contribution in [-0.4, -0.2) is 17.3 Å². The van der Waals surface area contributed by atoms with Gasteiger partial charge in [0.15, 0.2) is 5.78 Å². The van der Waals surface area contributed by atoms with Crippen LogP contribution >= 0.6 is 11.6 Å². The zero-order valence-electron chi connectivity index (χ0n) is 21.1. The molecule has 5 rings (SSSR count). The van der Waals surface area contributed by atoms with Crippen LogP contribution in [0.1, 0.15) is 42.7 Å². The van der Waals surface area contributed by atoms with Crippen molar-refractivity contribution in [2.75, 3.05) is 11.5 Å². The number of rotatable bonds is 6. The van der Waals surface area contributed by atoms with Gasteiger partial charge in [0, 0.05) is 28.8 Å². The van der Waals surface area contributed by atoms with E-state index in [9.17, 15) is 20.2 Å². The number of benzene rings is 3. The summed E-state index contributed by atoms with van der Waals surface area (Å²) in [7, 11) is 0. The Balaban J connectivity index is 1.74. The van der Waals surface area contributed by atoms with Gasteiger partial charge in [-0.05, 0) is 54.7 Å². The number of nitro benzene ring substituents is 1. The van der Waals surface area contributed by atoms with Gasteiger partial charge in [0.05, 0.1) is 29.1 Å². The maximum absolute atomic E-state index is 13.9. The number of nitriles is 1. The van der Waals surface area contributed by atoms with Crippen LogP contribution < -0.4 is 15.4 Å². The number of carbonyl (C=O) groups is 1. The third-order valence-corrected chi connectivity index (χ3v) is 7.37. The number of hydrogen-bond acceptors (Lipinski definition) is 7. The molecule has 9 heteroatoms. The van der Waals surface area contributed by atoms with Crippen molar-refractivity contribution in [1.29, 1.82) is 5.26 Å². The van der Waals surface area contributed by atoms with Crippen molar-refractivity contribution in [3.63, 3.8) is 0 Å². The molecular formula is C30H25ClN4O4. The van der Waals surface area contributed by atoms with Gasteiger partial charge in [0.25, 0.3) is 5.69 Å². The third-order valence-electron chi connectivity index (χ3n) is 7.14. The molecule has 3 aromatic rings. The highest BCUT2D eigenvalue weighted by Crippen LogP contribution is 2.50. The monoisotopic (exact) mass is 540 g/mol. The van der Waals surface area contributed by atoms with Gasteiger partial charge < -0.3 is 10.5 Å². The SMILES string of the molecule is CCOc1ccc([C@H]2C(C#N)=C(N)N(c3ccc(Cl)cc3[N+](=O)[O-])C3=C2C(=O)C[C@H](c2ccccc2)C3)cc1. The Kier molecular flexibility index (Phi) is 7.09. The minimum Gasteiger partial charge on any atom is -0.494 e. The van der Waals surface area contributed by atoms with Crippen molar-refractivity contribution >= 4 is 28.8 Å². The summed E-state index contributed by atoms with van der Waals surface area (Å²) >= 11 is 6.10. The Hall–Kier alpha value is -4.61. The zero-order chi connectivity index (χ0) is 27.7. The second-order valence-corrected chi connectivity index (χ2v) is 9.81. The van der Waals surface area contributed by atoms with Crippen molar-refractivity contribution in [2.24, 2.45) is 5.73 Å². The number of ketones is 1. The van der Waals surface area contributed by atoms with E-state index >= 15 is 0 Å². The summed E-state index contributed by atoms with van der Waals surface area (Å²) in [5.41, 5.74) is 9.34. The zero-order valence-corrected chi connectivity index (χ0v) is 21.9. The van der Waals surface area contributed by atoms with Gasteiger partial charge in [0.1, 0.15) is 17.3 Å². The van der Waals surface area contributed by atoms with Crippen molar-refractivity contribution in [1.82, 2.24) is 0 Å². The number of halogens is 1. The van der Waals surface area contributed by atoms with E-state index in [4.69, 9.17) is 22.1 Å².